The molecule has 0 spiro atoms. The minimum Gasteiger partial charge on any atom is -0.354 e. The number of para-hydroxylation sites is 1. The summed E-state index contributed by atoms with van der Waals surface area (Å²) in [5.41, 5.74) is 8.39. The lowest BCUT2D eigenvalue weighted by molar-refractivity contribution is 1.07. The van der Waals surface area contributed by atoms with Crippen LogP contribution in [0.4, 0.5) is 0 Å². The van der Waals surface area contributed by atoms with Crippen molar-refractivity contribution in [1.82, 2.24) is 24.9 Å². The molecule has 0 saturated carbocycles. The van der Waals surface area contributed by atoms with E-state index >= 15 is 0 Å². The number of halogens is 1. The maximum atomic E-state index is 6.24. The molecular weight excluding hydrogens is 546 g/mol. The number of benzene rings is 5. The number of nitrogens with zero attached hydrogens (tertiary/aromatic N) is 4. The zero-order valence-electron chi connectivity index (χ0n) is 21.5. The molecule has 1 N–H and O–H groups in total. The summed E-state index contributed by atoms with van der Waals surface area (Å²) in [5, 5.41) is 3.66. The number of nitrogens with one attached hydrogen (secondary N) is 1. The van der Waals surface area contributed by atoms with Crippen LogP contribution in [-0.4, -0.2) is 24.9 Å². The smallest absolute Gasteiger partial charge is 0.226 e. The van der Waals surface area contributed by atoms with Crippen molar-refractivity contribution in [3.63, 3.8) is 0 Å². The van der Waals surface area contributed by atoms with E-state index in [-0.39, 0.29) is 5.28 Å². The second-order valence-electron chi connectivity index (χ2n) is 9.83. The number of fused-ring (bicyclic) bond motifs is 4. The van der Waals surface area contributed by atoms with E-state index < -0.39 is 0 Å². The third kappa shape index (κ3) is 4.34. The number of rotatable bonds is 4. The highest BCUT2D eigenvalue weighted by Gasteiger charge is 2.12. The van der Waals surface area contributed by atoms with E-state index in [4.69, 9.17) is 16.6 Å². The summed E-state index contributed by atoms with van der Waals surface area (Å²) in [6.07, 6.45) is 0. The summed E-state index contributed by atoms with van der Waals surface area (Å²) in [6, 6.07) is 39.3. The monoisotopic (exact) mass is 565 g/mol. The Hall–Kier alpha value is -4.91. The van der Waals surface area contributed by atoms with Gasteiger partial charge in [0.1, 0.15) is 5.01 Å². The Bertz CT molecular complexity index is 2200. The van der Waals surface area contributed by atoms with Gasteiger partial charge < -0.3 is 4.98 Å². The molecular formula is C34H20ClN5S. The Morgan fingerprint density at radius 2 is 1.12 bits per heavy atom. The summed E-state index contributed by atoms with van der Waals surface area (Å²) in [5.74, 6) is 1.10. The molecule has 0 aliphatic rings. The van der Waals surface area contributed by atoms with Crippen LogP contribution in [0, 0.1) is 0 Å². The van der Waals surface area contributed by atoms with Crippen molar-refractivity contribution in [2.45, 2.75) is 0 Å². The number of hydrogen-bond acceptors (Lipinski definition) is 5. The van der Waals surface area contributed by atoms with Crippen LogP contribution in [0.15, 0.2) is 115 Å². The van der Waals surface area contributed by atoms with Crippen molar-refractivity contribution >= 4 is 55.0 Å². The van der Waals surface area contributed by atoms with Gasteiger partial charge in [0.2, 0.25) is 5.28 Å². The van der Waals surface area contributed by atoms with Gasteiger partial charge in [-0.25, -0.2) is 9.97 Å². The number of thiazole rings is 1. The molecule has 3 heterocycles. The maximum Gasteiger partial charge on any atom is 0.226 e. The van der Waals surface area contributed by atoms with Gasteiger partial charge in [-0.05, 0) is 40.9 Å². The molecule has 0 amide bonds. The van der Waals surface area contributed by atoms with Crippen molar-refractivity contribution in [3.8, 4) is 44.5 Å². The van der Waals surface area contributed by atoms with E-state index in [1.54, 1.807) is 11.3 Å². The fourth-order valence-corrected chi connectivity index (χ4v) is 6.36. The minimum atomic E-state index is 0.175. The fourth-order valence-electron chi connectivity index (χ4n) is 5.21. The van der Waals surface area contributed by atoms with Crippen molar-refractivity contribution < 1.29 is 0 Å². The molecule has 0 atom stereocenters. The Balaban J connectivity index is 1.07. The number of aromatic amines is 1. The van der Waals surface area contributed by atoms with Gasteiger partial charge in [-0.2, -0.15) is 9.97 Å². The van der Waals surface area contributed by atoms with Gasteiger partial charge in [0.05, 0.1) is 10.2 Å². The predicted octanol–water partition coefficient (Wildman–Crippen LogP) is 9.44. The van der Waals surface area contributed by atoms with Gasteiger partial charge in [-0.3, -0.25) is 0 Å². The SMILES string of the molecule is Clc1nc(-c2ccccc2)nc(-c2ccc(-c3ccc(-c4nc5cc6[nH]c7ccccc7c6cc5s4)cc3)cc2)n1. The second-order valence-corrected chi connectivity index (χ2v) is 11.2. The summed E-state index contributed by atoms with van der Waals surface area (Å²) in [4.78, 5) is 21.8. The van der Waals surface area contributed by atoms with E-state index in [9.17, 15) is 0 Å². The molecule has 0 bridgehead atoms. The van der Waals surface area contributed by atoms with Crippen LogP contribution >= 0.6 is 22.9 Å². The van der Waals surface area contributed by atoms with E-state index in [0.717, 1.165) is 49.4 Å². The first-order valence-electron chi connectivity index (χ1n) is 13.2. The molecule has 194 valence electrons. The molecule has 8 aromatic rings. The quantitative estimate of drug-likeness (QED) is 0.231. The van der Waals surface area contributed by atoms with Gasteiger partial charge in [0, 0.05) is 38.5 Å². The van der Waals surface area contributed by atoms with Crippen LogP contribution in [0.3, 0.4) is 0 Å². The van der Waals surface area contributed by atoms with Gasteiger partial charge >= 0.3 is 0 Å². The van der Waals surface area contributed by atoms with Crippen molar-refractivity contribution in [1.29, 1.82) is 0 Å². The molecule has 3 aromatic heterocycles. The molecule has 5 nitrogen and oxygen atoms in total. The molecule has 0 aliphatic carbocycles. The van der Waals surface area contributed by atoms with Gasteiger partial charge in [0.15, 0.2) is 11.6 Å². The molecule has 0 saturated heterocycles. The zero-order valence-corrected chi connectivity index (χ0v) is 23.1. The third-order valence-electron chi connectivity index (χ3n) is 7.26. The molecule has 8 rings (SSSR count). The average molecular weight is 566 g/mol. The first-order chi connectivity index (χ1) is 20.2. The predicted molar refractivity (Wildman–Crippen MR) is 169 cm³/mol. The molecule has 0 unspecified atom stereocenters. The van der Waals surface area contributed by atoms with E-state index in [1.165, 1.54) is 15.5 Å². The van der Waals surface area contributed by atoms with E-state index in [1.807, 2.05) is 42.5 Å². The average Bonchev–Trinajstić information content (AvgIpc) is 3.61. The normalized spacial score (nSPS) is 11.5. The number of aromatic nitrogens is 5. The highest BCUT2D eigenvalue weighted by Crippen LogP contribution is 2.36. The maximum absolute atomic E-state index is 6.24. The van der Waals surface area contributed by atoms with Crippen LogP contribution in [0.2, 0.25) is 5.28 Å². The molecule has 7 heteroatoms. The topological polar surface area (TPSA) is 67.3 Å². The zero-order chi connectivity index (χ0) is 27.3. The summed E-state index contributed by atoms with van der Waals surface area (Å²) < 4.78 is 1.19. The van der Waals surface area contributed by atoms with Crippen LogP contribution in [-0.2, 0) is 0 Å². The first-order valence-corrected chi connectivity index (χ1v) is 14.4. The van der Waals surface area contributed by atoms with Gasteiger partial charge in [0.25, 0.3) is 0 Å². The van der Waals surface area contributed by atoms with Crippen LogP contribution in [0.25, 0.3) is 76.5 Å². The van der Waals surface area contributed by atoms with Gasteiger partial charge in [-0.15, -0.1) is 11.3 Å². The fraction of sp³-hybridized carbons (Fsp3) is 0. The Labute approximate surface area is 244 Å². The number of H-pyrrole nitrogens is 1. The van der Waals surface area contributed by atoms with Gasteiger partial charge in [-0.1, -0.05) is 97.1 Å². The van der Waals surface area contributed by atoms with E-state index in [2.05, 4.69) is 92.7 Å². The molecule has 0 fully saturated rings. The molecule has 0 aliphatic heterocycles. The standard InChI is InChI=1S/C34H20ClN5S/c35-34-39-31(22-6-2-1-3-7-22)38-32(40-34)23-14-10-20(11-15-23)21-12-16-24(17-13-21)33-37-29-19-28-26(18-30(29)41-33)25-8-4-5-9-27(25)36-28/h1-19,36H. The first kappa shape index (κ1) is 23.9. The third-order valence-corrected chi connectivity index (χ3v) is 8.50. The highest BCUT2D eigenvalue weighted by molar-refractivity contribution is 7.21. The van der Waals surface area contributed by atoms with Crippen LogP contribution in [0.5, 0.6) is 0 Å². The molecule has 5 aromatic carbocycles. The highest BCUT2D eigenvalue weighted by atomic mass is 35.5. The largest absolute Gasteiger partial charge is 0.354 e. The van der Waals surface area contributed by atoms with Crippen molar-refractivity contribution in [2.24, 2.45) is 0 Å². The lowest BCUT2D eigenvalue weighted by Crippen LogP contribution is -1.97. The van der Waals surface area contributed by atoms with Crippen molar-refractivity contribution in [3.05, 3.63) is 121 Å². The molecule has 0 radical (unpaired) electrons. The Kier molecular flexibility index (Phi) is 5.62. The van der Waals surface area contributed by atoms with E-state index in [0.29, 0.717) is 11.6 Å². The number of hydrogen-bond donors (Lipinski definition) is 1. The Morgan fingerprint density at radius 3 is 1.85 bits per heavy atom. The molecule has 41 heavy (non-hydrogen) atoms. The summed E-state index contributed by atoms with van der Waals surface area (Å²) >= 11 is 7.97. The second kappa shape index (κ2) is 9.63. The summed E-state index contributed by atoms with van der Waals surface area (Å²) in [6.45, 7) is 0. The van der Waals surface area contributed by atoms with Crippen molar-refractivity contribution in [2.75, 3.05) is 0 Å². The lowest BCUT2D eigenvalue weighted by Gasteiger charge is -2.07. The lowest BCUT2D eigenvalue weighted by atomic mass is 10.0. The van der Waals surface area contributed by atoms with Crippen LogP contribution < -0.4 is 0 Å². The Morgan fingerprint density at radius 1 is 0.512 bits per heavy atom. The van der Waals surface area contributed by atoms with Crippen LogP contribution in [0.1, 0.15) is 0 Å². The summed E-state index contributed by atoms with van der Waals surface area (Å²) in [7, 11) is 0. The minimum absolute atomic E-state index is 0.175.